The topological polar surface area (TPSA) is 65.1 Å². The zero-order chi connectivity index (χ0) is 46.6. The van der Waals surface area contributed by atoms with Gasteiger partial charge in [-0.25, -0.2) is 0 Å². The highest BCUT2D eigenvalue weighted by Crippen LogP contribution is 2.38. The Morgan fingerprint density at radius 1 is 0.286 bits per heavy atom. The van der Waals surface area contributed by atoms with E-state index in [0.717, 1.165) is 105 Å². The molecule has 0 saturated carbocycles. The number of para-hydroxylation sites is 3. The average Bonchev–Trinajstić information content (AvgIpc) is 3.42. The first-order valence-electron chi connectivity index (χ1n) is 23.6. The first kappa shape index (κ1) is 42.5. The van der Waals surface area contributed by atoms with E-state index in [1.54, 1.807) is 0 Å². The molecule has 0 atom stereocenters. The van der Waals surface area contributed by atoms with E-state index in [0.29, 0.717) is 20.2 Å². The zero-order valence-electron chi connectivity index (χ0n) is 38.4. The average molecular weight is 920 g/mol. The van der Waals surface area contributed by atoms with Crippen LogP contribution in [0.2, 0.25) is 0 Å². The molecule has 0 aromatic heterocycles. The number of anilines is 3. The van der Waals surface area contributed by atoms with Crippen LogP contribution in [0.1, 0.15) is 39.3 Å². The SMILES string of the molecule is c1ccc2c(c1)CN(c1ccc(Oc3ccc(C(c4ccc(Oc5ccc(N6COc7ccccc7C6)cc5)cc4)c4ccc(Oc5ccc(N6COc7ccccc7C6)cc5)cc4)cc3)cc1)CO2. The predicted molar refractivity (Wildman–Crippen MR) is 274 cm³/mol. The normalized spacial score (nSPS) is 13.8. The lowest BCUT2D eigenvalue weighted by Gasteiger charge is -2.30. The molecule has 0 saturated heterocycles. The second-order valence-corrected chi connectivity index (χ2v) is 17.7. The summed E-state index contributed by atoms with van der Waals surface area (Å²) in [6, 6.07) is 74.2. The number of hydrogen-bond acceptors (Lipinski definition) is 9. The van der Waals surface area contributed by atoms with E-state index in [9.17, 15) is 0 Å². The van der Waals surface area contributed by atoms with E-state index in [2.05, 4.69) is 106 Å². The van der Waals surface area contributed by atoms with Gasteiger partial charge in [0.05, 0.1) is 0 Å². The highest BCUT2D eigenvalue weighted by atomic mass is 16.5. The summed E-state index contributed by atoms with van der Waals surface area (Å²) in [7, 11) is 0. The minimum absolute atomic E-state index is 0.0827. The fraction of sp³-hybridized carbons (Fsp3) is 0.115. The Kier molecular flexibility index (Phi) is 11.6. The van der Waals surface area contributed by atoms with Crippen molar-refractivity contribution in [2.45, 2.75) is 25.6 Å². The van der Waals surface area contributed by atoms with Gasteiger partial charge in [0.15, 0.2) is 20.2 Å². The third-order valence-corrected chi connectivity index (χ3v) is 13.1. The summed E-state index contributed by atoms with van der Waals surface area (Å²) in [5, 5.41) is 0. The Morgan fingerprint density at radius 2 is 0.529 bits per heavy atom. The minimum atomic E-state index is -0.0827. The van der Waals surface area contributed by atoms with Gasteiger partial charge in [-0.05, 0) is 144 Å². The van der Waals surface area contributed by atoms with Crippen LogP contribution < -0.4 is 43.1 Å². The van der Waals surface area contributed by atoms with Gasteiger partial charge in [-0.15, -0.1) is 0 Å². The van der Waals surface area contributed by atoms with Crippen molar-refractivity contribution in [2.24, 2.45) is 0 Å². The number of nitrogens with zero attached hydrogens (tertiary/aromatic N) is 3. The van der Waals surface area contributed by atoms with Crippen molar-refractivity contribution in [1.82, 2.24) is 0 Å². The summed E-state index contributed by atoms with van der Waals surface area (Å²) in [5.74, 6) is 7.32. The van der Waals surface area contributed by atoms with Crippen molar-refractivity contribution >= 4 is 17.1 Å². The first-order chi connectivity index (χ1) is 34.6. The highest BCUT2D eigenvalue weighted by molar-refractivity contribution is 5.56. The second kappa shape index (κ2) is 19.1. The molecule has 70 heavy (non-hydrogen) atoms. The van der Waals surface area contributed by atoms with Gasteiger partial charge in [0.2, 0.25) is 0 Å². The maximum absolute atomic E-state index is 6.38. The molecule has 0 unspecified atom stereocenters. The van der Waals surface area contributed by atoms with E-state index in [4.69, 9.17) is 28.4 Å². The van der Waals surface area contributed by atoms with Crippen LogP contribution in [0.5, 0.6) is 51.7 Å². The van der Waals surface area contributed by atoms with Crippen LogP contribution in [0.4, 0.5) is 17.1 Å². The van der Waals surface area contributed by atoms with Crippen LogP contribution in [0.15, 0.2) is 218 Å². The van der Waals surface area contributed by atoms with E-state index in [-0.39, 0.29) is 5.92 Å². The third-order valence-electron chi connectivity index (χ3n) is 13.1. The Balaban J connectivity index is 0.749. The van der Waals surface area contributed by atoms with E-state index >= 15 is 0 Å². The Hall–Kier alpha value is -8.82. The number of ether oxygens (including phenoxy) is 6. The van der Waals surface area contributed by atoms with Crippen molar-refractivity contribution < 1.29 is 28.4 Å². The van der Waals surface area contributed by atoms with Crippen molar-refractivity contribution in [3.8, 4) is 51.7 Å². The summed E-state index contributed by atoms with van der Waals surface area (Å²) in [5.41, 5.74) is 10.1. The molecular weight excluding hydrogens is 871 g/mol. The molecule has 0 bridgehead atoms. The van der Waals surface area contributed by atoms with E-state index < -0.39 is 0 Å². The van der Waals surface area contributed by atoms with E-state index in [1.165, 1.54) is 16.7 Å². The Labute approximate surface area is 407 Å². The predicted octanol–water partition coefficient (Wildman–Crippen LogP) is 14.3. The molecule has 0 spiro atoms. The van der Waals surface area contributed by atoms with Gasteiger partial charge in [-0.3, -0.25) is 0 Å². The van der Waals surface area contributed by atoms with Gasteiger partial charge in [0.25, 0.3) is 0 Å². The third kappa shape index (κ3) is 9.25. The van der Waals surface area contributed by atoms with Gasteiger partial charge in [0.1, 0.15) is 51.7 Å². The molecule has 0 amide bonds. The fourth-order valence-electron chi connectivity index (χ4n) is 9.36. The molecule has 0 N–H and O–H groups in total. The molecule has 3 heterocycles. The van der Waals surface area contributed by atoms with Gasteiger partial charge >= 0.3 is 0 Å². The van der Waals surface area contributed by atoms with Crippen molar-refractivity contribution in [3.63, 3.8) is 0 Å². The molecule has 9 nitrogen and oxygen atoms in total. The summed E-state index contributed by atoms with van der Waals surface area (Å²) in [6.45, 7) is 3.90. The van der Waals surface area contributed by atoms with Crippen molar-refractivity contribution in [2.75, 3.05) is 34.9 Å². The lowest BCUT2D eigenvalue weighted by Crippen LogP contribution is -2.31. The monoisotopic (exact) mass is 919 g/mol. The van der Waals surface area contributed by atoms with Crippen LogP contribution in [0.3, 0.4) is 0 Å². The van der Waals surface area contributed by atoms with Crippen molar-refractivity contribution in [1.29, 1.82) is 0 Å². The zero-order valence-corrected chi connectivity index (χ0v) is 38.4. The minimum Gasteiger partial charge on any atom is -0.473 e. The Morgan fingerprint density at radius 3 is 0.800 bits per heavy atom. The lowest BCUT2D eigenvalue weighted by molar-refractivity contribution is 0.289. The number of hydrogen-bond donors (Lipinski definition) is 0. The van der Waals surface area contributed by atoms with E-state index in [1.807, 2.05) is 127 Å². The second-order valence-electron chi connectivity index (χ2n) is 17.7. The molecule has 9 aromatic carbocycles. The molecule has 0 radical (unpaired) electrons. The van der Waals surface area contributed by atoms with Gasteiger partial charge in [-0.2, -0.15) is 0 Å². The molecular formula is C61H49N3O6. The standard InChI is InChI=1S/C61H49N3O6/c1-4-10-58-46(7-1)37-62(40-65-58)49-19-31-55(32-20-49)68-52-25-13-43(14-26-52)61(44-15-27-53(28-16-44)69-56-33-21-50(22-34-56)63-38-47-8-2-5-11-59(47)66-41-63)45-17-29-54(30-18-45)70-57-35-23-51(24-36-57)64-39-48-9-3-6-12-60(48)67-42-64/h1-36,61H,37-42H2. The van der Waals surface area contributed by atoms with Crippen LogP contribution in [-0.4, -0.2) is 20.2 Å². The molecule has 0 aliphatic carbocycles. The summed E-state index contributed by atoms with van der Waals surface area (Å²) >= 11 is 0. The summed E-state index contributed by atoms with van der Waals surface area (Å²) < 4.78 is 37.1. The lowest BCUT2D eigenvalue weighted by atomic mass is 9.85. The van der Waals surface area contributed by atoms with Crippen molar-refractivity contribution in [3.05, 3.63) is 252 Å². The highest BCUT2D eigenvalue weighted by Gasteiger charge is 2.22. The molecule has 344 valence electrons. The molecule has 3 aliphatic heterocycles. The van der Waals surface area contributed by atoms with Crippen LogP contribution >= 0.6 is 0 Å². The van der Waals surface area contributed by atoms with Crippen LogP contribution in [-0.2, 0) is 19.6 Å². The summed E-state index contributed by atoms with van der Waals surface area (Å²) in [4.78, 5) is 6.64. The molecule has 9 aromatic rings. The smallest absolute Gasteiger partial charge is 0.161 e. The quantitative estimate of drug-likeness (QED) is 0.111. The van der Waals surface area contributed by atoms with Crippen LogP contribution in [0, 0.1) is 0 Å². The van der Waals surface area contributed by atoms with Crippen LogP contribution in [0.25, 0.3) is 0 Å². The van der Waals surface area contributed by atoms with Gasteiger partial charge < -0.3 is 43.1 Å². The van der Waals surface area contributed by atoms with Gasteiger partial charge in [0, 0.05) is 59.3 Å². The Bertz CT molecular complexity index is 2870. The maximum Gasteiger partial charge on any atom is 0.161 e. The number of benzene rings is 9. The first-order valence-corrected chi connectivity index (χ1v) is 23.6. The molecule has 12 rings (SSSR count). The molecule has 0 fully saturated rings. The molecule has 3 aliphatic rings. The molecule has 9 heteroatoms. The fourth-order valence-corrected chi connectivity index (χ4v) is 9.36. The van der Waals surface area contributed by atoms with Gasteiger partial charge in [-0.1, -0.05) is 91.0 Å². The summed E-state index contributed by atoms with van der Waals surface area (Å²) in [6.07, 6.45) is 0. The maximum atomic E-state index is 6.38. The largest absolute Gasteiger partial charge is 0.473 e. The number of rotatable bonds is 12. The number of fused-ring (bicyclic) bond motifs is 3.